The van der Waals surface area contributed by atoms with Gasteiger partial charge in [-0.3, -0.25) is 0 Å². The summed E-state index contributed by atoms with van der Waals surface area (Å²) in [5.74, 6) is 1.34. The normalized spacial score (nSPS) is 23.8. The van der Waals surface area contributed by atoms with Crippen LogP contribution in [0.25, 0.3) is 0 Å². The van der Waals surface area contributed by atoms with Gasteiger partial charge in [0, 0.05) is 12.1 Å². The Hall–Kier alpha value is -0.780. The number of aliphatic hydroxyl groups is 1. The Morgan fingerprint density at radius 2 is 2.11 bits per heavy atom. The van der Waals surface area contributed by atoms with Crippen LogP contribution in [0.3, 0.4) is 0 Å². The maximum absolute atomic E-state index is 10.7. The number of β-amino-alcohol motifs (C(OH)–C–C–N with tert-alkyl or cyclic N) is 1. The van der Waals surface area contributed by atoms with Crippen LogP contribution in [-0.2, 0) is 5.60 Å². The molecule has 0 radical (unpaired) electrons. The van der Waals surface area contributed by atoms with Crippen molar-refractivity contribution in [2.24, 2.45) is 0 Å². The molecular formula is C13H18BrNO3. The van der Waals surface area contributed by atoms with Gasteiger partial charge in [-0.15, -0.1) is 0 Å². The van der Waals surface area contributed by atoms with Gasteiger partial charge in [-0.1, -0.05) is 0 Å². The van der Waals surface area contributed by atoms with E-state index in [1.54, 1.807) is 14.2 Å². The second kappa shape index (κ2) is 5.47. The fourth-order valence-electron chi connectivity index (χ4n) is 2.38. The molecule has 1 unspecified atom stereocenters. The first-order valence-corrected chi connectivity index (χ1v) is 6.76. The molecule has 2 rings (SSSR count). The van der Waals surface area contributed by atoms with E-state index in [2.05, 4.69) is 21.2 Å². The molecule has 0 aliphatic carbocycles. The molecule has 0 aromatic heterocycles. The summed E-state index contributed by atoms with van der Waals surface area (Å²) < 4.78 is 11.4. The minimum atomic E-state index is -0.877. The number of hydrogen-bond acceptors (Lipinski definition) is 4. The van der Waals surface area contributed by atoms with Crippen LogP contribution in [0.1, 0.15) is 18.4 Å². The van der Waals surface area contributed by atoms with Crippen LogP contribution in [0.15, 0.2) is 16.6 Å². The molecule has 5 heteroatoms. The molecule has 1 aliphatic heterocycles. The van der Waals surface area contributed by atoms with Gasteiger partial charge in [-0.2, -0.15) is 0 Å². The minimum Gasteiger partial charge on any atom is -0.495 e. The monoisotopic (exact) mass is 315 g/mol. The Morgan fingerprint density at radius 3 is 2.67 bits per heavy atom. The van der Waals surface area contributed by atoms with E-state index in [1.165, 1.54) is 0 Å². The zero-order chi connectivity index (χ0) is 13.2. The first-order chi connectivity index (χ1) is 8.62. The first-order valence-electron chi connectivity index (χ1n) is 5.96. The Labute approximate surface area is 115 Å². The van der Waals surface area contributed by atoms with E-state index in [0.29, 0.717) is 18.0 Å². The average Bonchev–Trinajstić information content (AvgIpc) is 2.39. The van der Waals surface area contributed by atoms with E-state index < -0.39 is 5.60 Å². The van der Waals surface area contributed by atoms with Crippen molar-refractivity contribution in [1.29, 1.82) is 0 Å². The van der Waals surface area contributed by atoms with Gasteiger partial charge in [-0.05, 0) is 47.4 Å². The molecule has 4 nitrogen and oxygen atoms in total. The lowest BCUT2D eigenvalue weighted by Gasteiger charge is -2.34. The molecule has 1 aliphatic rings. The second-order valence-corrected chi connectivity index (χ2v) is 5.27. The number of halogens is 1. The molecule has 0 spiro atoms. The van der Waals surface area contributed by atoms with Crippen molar-refractivity contribution >= 4 is 15.9 Å². The molecule has 1 heterocycles. The van der Waals surface area contributed by atoms with E-state index in [4.69, 9.17) is 9.47 Å². The lowest BCUT2D eigenvalue weighted by atomic mass is 9.86. The van der Waals surface area contributed by atoms with Gasteiger partial charge in [0.05, 0.1) is 14.2 Å². The highest BCUT2D eigenvalue weighted by molar-refractivity contribution is 9.10. The van der Waals surface area contributed by atoms with Crippen LogP contribution >= 0.6 is 15.9 Å². The van der Waals surface area contributed by atoms with Gasteiger partial charge >= 0.3 is 0 Å². The molecule has 1 aromatic rings. The van der Waals surface area contributed by atoms with Crippen LogP contribution < -0.4 is 14.8 Å². The van der Waals surface area contributed by atoms with Gasteiger partial charge < -0.3 is 19.9 Å². The van der Waals surface area contributed by atoms with Crippen LogP contribution in [0.5, 0.6) is 11.5 Å². The maximum atomic E-state index is 10.7. The van der Waals surface area contributed by atoms with E-state index in [0.717, 1.165) is 29.4 Å². The number of nitrogens with one attached hydrogen (secondary N) is 1. The van der Waals surface area contributed by atoms with Crippen molar-refractivity contribution < 1.29 is 14.6 Å². The number of benzene rings is 1. The van der Waals surface area contributed by atoms with E-state index in [9.17, 15) is 5.11 Å². The molecular weight excluding hydrogens is 298 g/mol. The topological polar surface area (TPSA) is 50.7 Å². The Morgan fingerprint density at radius 1 is 1.33 bits per heavy atom. The summed E-state index contributed by atoms with van der Waals surface area (Å²) >= 11 is 3.46. The van der Waals surface area contributed by atoms with E-state index in [1.807, 2.05) is 12.1 Å². The second-order valence-electron chi connectivity index (χ2n) is 4.47. The SMILES string of the molecule is COc1ccc(C2(O)CCCNC2)c(OC)c1Br. The standard InChI is InChI=1S/C13H18BrNO3/c1-17-10-5-4-9(12(18-2)11(10)14)13(16)6-3-7-15-8-13/h4-5,15-16H,3,6-8H2,1-2H3. The molecule has 1 saturated heterocycles. The third-order valence-corrected chi connectivity index (χ3v) is 4.10. The molecule has 0 amide bonds. The van der Waals surface area contributed by atoms with Crippen molar-refractivity contribution in [3.63, 3.8) is 0 Å². The van der Waals surface area contributed by atoms with Crippen LogP contribution in [0, 0.1) is 0 Å². The van der Waals surface area contributed by atoms with Crippen molar-refractivity contribution in [3.05, 3.63) is 22.2 Å². The average molecular weight is 316 g/mol. The molecule has 100 valence electrons. The fourth-order valence-corrected chi connectivity index (χ4v) is 3.05. The van der Waals surface area contributed by atoms with Crippen molar-refractivity contribution in [2.45, 2.75) is 18.4 Å². The maximum Gasteiger partial charge on any atom is 0.142 e. The van der Waals surface area contributed by atoms with Gasteiger partial charge in [0.15, 0.2) is 0 Å². The van der Waals surface area contributed by atoms with Crippen molar-refractivity contribution in [2.75, 3.05) is 27.3 Å². The van der Waals surface area contributed by atoms with Gasteiger partial charge in [-0.25, -0.2) is 0 Å². The molecule has 0 saturated carbocycles. The summed E-state index contributed by atoms with van der Waals surface area (Å²) in [6, 6.07) is 3.71. The fraction of sp³-hybridized carbons (Fsp3) is 0.538. The predicted molar refractivity (Wildman–Crippen MR) is 73.2 cm³/mol. The summed E-state index contributed by atoms with van der Waals surface area (Å²) in [7, 11) is 3.21. The molecule has 0 bridgehead atoms. The third kappa shape index (κ3) is 2.35. The zero-order valence-electron chi connectivity index (χ0n) is 10.6. The molecule has 1 aromatic carbocycles. The zero-order valence-corrected chi connectivity index (χ0v) is 12.2. The minimum absolute atomic E-state index is 0.544. The van der Waals surface area contributed by atoms with Gasteiger partial charge in [0.2, 0.25) is 0 Å². The summed E-state index contributed by atoms with van der Waals surface area (Å²) in [4.78, 5) is 0. The van der Waals surface area contributed by atoms with Gasteiger partial charge in [0.25, 0.3) is 0 Å². The first kappa shape index (κ1) is 13.6. The molecule has 1 atom stereocenters. The Bertz CT molecular complexity index is 430. The predicted octanol–water partition coefficient (Wildman–Crippen LogP) is 2.04. The lowest BCUT2D eigenvalue weighted by molar-refractivity contribution is 0.0101. The lowest BCUT2D eigenvalue weighted by Crippen LogP contribution is -2.43. The van der Waals surface area contributed by atoms with Crippen LogP contribution in [-0.4, -0.2) is 32.4 Å². The summed E-state index contributed by atoms with van der Waals surface area (Å²) in [6.07, 6.45) is 1.68. The number of piperidine rings is 1. The summed E-state index contributed by atoms with van der Waals surface area (Å²) in [5, 5.41) is 14.0. The van der Waals surface area contributed by atoms with Crippen LogP contribution in [0.2, 0.25) is 0 Å². The van der Waals surface area contributed by atoms with Gasteiger partial charge in [0.1, 0.15) is 21.6 Å². The van der Waals surface area contributed by atoms with E-state index >= 15 is 0 Å². The summed E-state index contributed by atoms with van der Waals surface area (Å²) in [6.45, 7) is 1.49. The largest absolute Gasteiger partial charge is 0.495 e. The van der Waals surface area contributed by atoms with Crippen LogP contribution in [0.4, 0.5) is 0 Å². The number of methoxy groups -OCH3 is 2. The Kier molecular flexibility index (Phi) is 4.14. The highest BCUT2D eigenvalue weighted by Gasteiger charge is 2.35. The number of hydrogen-bond donors (Lipinski definition) is 2. The quantitative estimate of drug-likeness (QED) is 0.896. The van der Waals surface area contributed by atoms with Crippen molar-refractivity contribution in [3.8, 4) is 11.5 Å². The highest BCUT2D eigenvalue weighted by Crippen LogP contribution is 2.43. The highest BCUT2D eigenvalue weighted by atomic mass is 79.9. The Balaban J connectivity index is 2.46. The summed E-state index contributed by atoms with van der Waals surface area (Å²) in [5.41, 5.74) is -0.0804. The molecule has 2 N–H and O–H groups in total. The van der Waals surface area contributed by atoms with E-state index in [-0.39, 0.29) is 0 Å². The number of ether oxygens (including phenoxy) is 2. The third-order valence-electron chi connectivity index (χ3n) is 3.35. The number of rotatable bonds is 3. The van der Waals surface area contributed by atoms with Crippen molar-refractivity contribution in [1.82, 2.24) is 5.32 Å². The molecule has 1 fully saturated rings. The molecule has 18 heavy (non-hydrogen) atoms. The smallest absolute Gasteiger partial charge is 0.142 e.